The SMILES string of the molecule is CC(C)c1ccc(N(c2ccc(C(C)C)cc2)c2cc3c4c(c2)N(c2ccc(C(C)C)cc2)c2ccc(C(C)C)cc2B4c2cc(C(C)C)ccc2N3c2ccc(C(C)C)cc2)cc1. The van der Waals surface area contributed by atoms with Gasteiger partial charge in [0.2, 0.25) is 0 Å². The molecule has 9 rings (SSSR count). The molecular formula is C60H66BN3. The quantitative estimate of drug-likeness (QED) is 0.120. The van der Waals surface area contributed by atoms with Crippen LogP contribution < -0.4 is 31.1 Å². The molecule has 0 unspecified atom stereocenters. The molecule has 3 nitrogen and oxygen atoms in total. The van der Waals surface area contributed by atoms with Crippen molar-refractivity contribution in [1.82, 2.24) is 0 Å². The van der Waals surface area contributed by atoms with E-state index in [0.29, 0.717) is 35.5 Å². The second-order valence-electron chi connectivity index (χ2n) is 20.3. The van der Waals surface area contributed by atoms with Crippen LogP contribution in [0.15, 0.2) is 146 Å². The van der Waals surface area contributed by atoms with Crippen LogP contribution in [0.25, 0.3) is 0 Å². The number of rotatable bonds is 11. The zero-order chi connectivity index (χ0) is 45.1. The Morgan fingerprint density at radius 3 is 0.922 bits per heavy atom. The van der Waals surface area contributed by atoms with Crippen molar-refractivity contribution < 1.29 is 0 Å². The highest BCUT2D eigenvalue weighted by Crippen LogP contribution is 2.49. The maximum Gasteiger partial charge on any atom is 0.252 e. The molecule has 0 radical (unpaired) electrons. The molecule has 0 bridgehead atoms. The molecule has 324 valence electrons. The predicted molar refractivity (Wildman–Crippen MR) is 280 cm³/mol. The first-order valence-corrected chi connectivity index (χ1v) is 24.0. The summed E-state index contributed by atoms with van der Waals surface area (Å²) in [6.07, 6.45) is 0. The molecule has 0 aromatic heterocycles. The monoisotopic (exact) mass is 840 g/mol. The van der Waals surface area contributed by atoms with Crippen LogP contribution in [0.4, 0.5) is 51.2 Å². The number of hydrogen-bond acceptors (Lipinski definition) is 3. The van der Waals surface area contributed by atoms with E-state index < -0.39 is 0 Å². The Kier molecular flexibility index (Phi) is 11.6. The van der Waals surface area contributed by atoms with E-state index in [1.54, 1.807) is 0 Å². The lowest BCUT2D eigenvalue weighted by Gasteiger charge is -2.45. The van der Waals surface area contributed by atoms with E-state index in [1.165, 1.54) is 83.9 Å². The van der Waals surface area contributed by atoms with Crippen LogP contribution in [0.3, 0.4) is 0 Å². The van der Waals surface area contributed by atoms with Crippen LogP contribution in [0.5, 0.6) is 0 Å². The first kappa shape index (κ1) is 43.3. The largest absolute Gasteiger partial charge is 0.311 e. The molecule has 2 heterocycles. The lowest BCUT2D eigenvalue weighted by Crippen LogP contribution is -2.61. The number of fused-ring (bicyclic) bond motifs is 4. The molecule has 0 fully saturated rings. The lowest BCUT2D eigenvalue weighted by molar-refractivity contribution is 0.866. The topological polar surface area (TPSA) is 9.72 Å². The summed E-state index contributed by atoms with van der Waals surface area (Å²) >= 11 is 0. The third-order valence-electron chi connectivity index (χ3n) is 14.0. The molecule has 0 atom stereocenters. The third kappa shape index (κ3) is 7.74. The number of benzene rings is 7. The number of hydrogen-bond donors (Lipinski definition) is 0. The van der Waals surface area contributed by atoms with E-state index in [0.717, 1.165) is 17.1 Å². The van der Waals surface area contributed by atoms with Crippen molar-refractivity contribution in [3.63, 3.8) is 0 Å². The van der Waals surface area contributed by atoms with Gasteiger partial charge in [-0.25, -0.2) is 0 Å². The van der Waals surface area contributed by atoms with Gasteiger partial charge in [-0.2, -0.15) is 0 Å². The zero-order valence-corrected chi connectivity index (χ0v) is 40.2. The van der Waals surface area contributed by atoms with Gasteiger partial charge >= 0.3 is 0 Å². The smallest absolute Gasteiger partial charge is 0.252 e. The Morgan fingerprint density at radius 1 is 0.312 bits per heavy atom. The van der Waals surface area contributed by atoms with Crippen LogP contribution >= 0.6 is 0 Å². The molecule has 0 spiro atoms. The van der Waals surface area contributed by atoms with Crippen molar-refractivity contribution in [3.05, 3.63) is 179 Å². The second-order valence-corrected chi connectivity index (χ2v) is 20.3. The van der Waals surface area contributed by atoms with Gasteiger partial charge in [-0.05, 0) is 158 Å². The summed E-state index contributed by atoms with van der Waals surface area (Å²) in [7, 11) is 0. The lowest BCUT2D eigenvalue weighted by atomic mass is 9.33. The van der Waals surface area contributed by atoms with Crippen molar-refractivity contribution in [1.29, 1.82) is 0 Å². The molecule has 0 saturated heterocycles. The number of nitrogens with zero attached hydrogens (tertiary/aromatic N) is 3. The van der Waals surface area contributed by atoms with Gasteiger partial charge < -0.3 is 14.7 Å². The van der Waals surface area contributed by atoms with Gasteiger partial charge in [0.05, 0.1) is 5.69 Å². The summed E-state index contributed by atoms with van der Waals surface area (Å²) in [5.41, 5.74) is 22.8. The first-order valence-electron chi connectivity index (χ1n) is 24.0. The molecule has 2 aliphatic heterocycles. The molecule has 2 aliphatic rings. The average molecular weight is 840 g/mol. The summed E-state index contributed by atoms with van der Waals surface area (Å²) in [5.74, 6) is 2.55. The third-order valence-corrected chi connectivity index (χ3v) is 14.0. The van der Waals surface area contributed by atoms with Gasteiger partial charge in [0.25, 0.3) is 6.71 Å². The fraction of sp³-hybridized carbons (Fsp3) is 0.300. The van der Waals surface area contributed by atoms with Gasteiger partial charge in [-0.3, -0.25) is 0 Å². The van der Waals surface area contributed by atoms with E-state index >= 15 is 0 Å². The summed E-state index contributed by atoms with van der Waals surface area (Å²) in [4.78, 5) is 7.62. The Hall–Kier alpha value is -6.00. The fourth-order valence-corrected chi connectivity index (χ4v) is 9.91. The predicted octanol–water partition coefficient (Wildman–Crippen LogP) is 16.0. The molecular weight excluding hydrogens is 773 g/mol. The van der Waals surface area contributed by atoms with Crippen LogP contribution in [0.2, 0.25) is 0 Å². The Morgan fingerprint density at radius 2 is 0.609 bits per heavy atom. The molecule has 0 saturated carbocycles. The normalized spacial score (nSPS) is 13.1. The highest BCUT2D eigenvalue weighted by Gasteiger charge is 2.44. The molecule has 64 heavy (non-hydrogen) atoms. The minimum atomic E-state index is 0.0305. The fourth-order valence-electron chi connectivity index (χ4n) is 9.91. The van der Waals surface area contributed by atoms with Gasteiger partial charge in [-0.15, -0.1) is 0 Å². The summed E-state index contributed by atoms with van der Waals surface area (Å²) in [5, 5.41) is 0. The van der Waals surface area contributed by atoms with E-state index in [4.69, 9.17) is 0 Å². The number of anilines is 9. The van der Waals surface area contributed by atoms with Crippen molar-refractivity contribution in [2.24, 2.45) is 0 Å². The maximum absolute atomic E-state index is 2.57. The molecule has 7 aromatic rings. The summed E-state index contributed by atoms with van der Waals surface area (Å²) in [6, 6.07) is 56.8. The van der Waals surface area contributed by atoms with Crippen molar-refractivity contribution in [2.75, 3.05) is 14.7 Å². The van der Waals surface area contributed by atoms with Gasteiger partial charge in [0.15, 0.2) is 0 Å². The van der Waals surface area contributed by atoms with Gasteiger partial charge in [0, 0.05) is 45.5 Å². The van der Waals surface area contributed by atoms with Crippen molar-refractivity contribution >= 4 is 74.3 Å². The zero-order valence-electron chi connectivity index (χ0n) is 40.2. The molecule has 0 N–H and O–H groups in total. The van der Waals surface area contributed by atoms with Crippen LogP contribution in [0, 0.1) is 0 Å². The Bertz CT molecular complexity index is 2590. The maximum atomic E-state index is 2.57. The second kappa shape index (κ2) is 17.2. The standard InChI is InChI=1S/C60H66BN3/c1-37(2)43-13-23-49(24-14-43)62(50-25-15-44(16-26-50)38(3)4)53-35-58-60-59(36-53)64(52-29-19-46(20-30-52)40(7)8)57-32-22-48(42(11)12)34-55(57)61(60)54-33-47(41(9)10)21-31-56(54)63(58)51-27-17-45(18-28-51)39(5)6/h13-42H,1-12H3. The minimum Gasteiger partial charge on any atom is -0.311 e. The van der Waals surface area contributed by atoms with Crippen LogP contribution in [-0.2, 0) is 0 Å². The summed E-state index contributed by atoms with van der Waals surface area (Å²) in [6.45, 7) is 27.5. The van der Waals surface area contributed by atoms with Gasteiger partial charge in [-0.1, -0.05) is 156 Å². The highest BCUT2D eigenvalue weighted by molar-refractivity contribution is 7.00. The molecule has 0 aliphatic carbocycles. The molecule has 0 amide bonds. The first-order chi connectivity index (χ1) is 30.7. The molecule has 4 heteroatoms. The van der Waals surface area contributed by atoms with Crippen LogP contribution in [-0.4, -0.2) is 6.71 Å². The highest BCUT2D eigenvalue weighted by atomic mass is 15.2. The van der Waals surface area contributed by atoms with Crippen LogP contribution in [0.1, 0.15) is 152 Å². The van der Waals surface area contributed by atoms with E-state index in [9.17, 15) is 0 Å². The van der Waals surface area contributed by atoms with E-state index in [1.807, 2.05) is 0 Å². The Balaban J connectivity index is 1.40. The van der Waals surface area contributed by atoms with Crippen molar-refractivity contribution in [3.8, 4) is 0 Å². The minimum absolute atomic E-state index is 0.0305. The summed E-state index contributed by atoms with van der Waals surface area (Å²) < 4.78 is 0. The average Bonchev–Trinajstić information content (AvgIpc) is 3.29. The Labute approximate surface area is 384 Å². The van der Waals surface area contributed by atoms with E-state index in [2.05, 4.69) is 243 Å². The van der Waals surface area contributed by atoms with Crippen molar-refractivity contribution in [2.45, 2.75) is 119 Å². The van der Waals surface area contributed by atoms with Gasteiger partial charge in [0.1, 0.15) is 0 Å². The molecule has 7 aromatic carbocycles. The van der Waals surface area contributed by atoms with E-state index in [-0.39, 0.29) is 6.71 Å².